The van der Waals surface area contributed by atoms with Crippen molar-refractivity contribution in [3.05, 3.63) is 35.4 Å². The van der Waals surface area contributed by atoms with Crippen LogP contribution in [0.15, 0.2) is 24.3 Å². The Balaban J connectivity index is 2.32. The molecule has 0 saturated carbocycles. The van der Waals surface area contributed by atoms with E-state index in [1.807, 2.05) is 25.1 Å². The van der Waals surface area contributed by atoms with Crippen LogP contribution in [0.5, 0.6) is 0 Å². The van der Waals surface area contributed by atoms with Crippen LogP contribution in [0, 0.1) is 6.92 Å². The minimum atomic E-state index is -2.85. The number of aryl methyl sites for hydroxylation is 1. The van der Waals surface area contributed by atoms with Crippen molar-refractivity contribution >= 4 is 9.84 Å². The fraction of sp³-hybridized carbons (Fsp3) is 0.455. The number of nitrogens with one attached hydrogen (secondary N) is 1. The van der Waals surface area contributed by atoms with Gasteiger partial charge in [0.1, 0.15) is 9.84 Å². The monoisotopic (exact) mass is 227 g/mol. The van der Waals surface area contributed by atoms with Gasteiger partial charge in [-0.3, -0.25) is 0 Å². The van der Waals surface area contributed by atoms with E-state index >= 15 is 0 Å². The van der Waals surface area contributed by atoms with Crippen LogP contribution in [0.25, 0.3) is 0 Å². The van der Waals surface area contributed by atoms with E-state index < -0.39 is 9.84 Å². The molecule has 1 rings (SSSR count). The smallest absolute Gasteiger partial charge is 0.148 e. The Morgan fingerprint density at radius 3 is 2.67 bits per heavy atom. The molecular formula is C11H17NO2S. The van der Waals surface area contributed by atoms with E-state index in [0.29, 0.717) is 6.54 Å². The molecule has 0 aromatic heterocycles. The summed E-state index contributed by atoms with van der Waals surface area (Å²) >= 11 is 0. The Kier molecular flexibility index (Phi) is 4.29. The highest BCUT2D eigenvalue weighted by molar-refractivity contribution is 7.90. The lowest BCUT2D eigenvalue weighted by Crippen LogP contribution is -2.21. The first-order chi connectivity index (χ1) is 6.97. The molecule has 1 N–H and O–H groups in total. The molecule has 0 fully saturated rings. The predicted octanol–water partition coefficient (Wildman–Crippen LogP) is 1.13. The molecule has 0 radical (unpaired) electrons. The van der Waals surface area contributed by atoms with Gasteiger partial charge in [0.2, 0.25) is 0 Å². The Hall–Kier alpha value is -0.870. The third kappa shape index (κ3) is 5.54. The molecule has 0 heterocycles. The van der Waals surface area contributed by atoms with Gasteiger partial charge in [-0.2, -0.15) is 0 Å². The van der Waals surface area contributed by atoms with Gasteiger partial charge in [-0.05, 0) is 12.5 Å². The molecule has 0 aliphatic carbocycles. The summed E-state index contributed by atoms with van der Waals surface area (Å²) in [5.41, 5.74) is 2.40. The minimum absolute atomic E-state index is 0.193. The zero-order valence-corrected chi connectivity index (χ0v) is 9.97. The van der Waals surface area contributed by atoms with Crippen molar-refractivity contribution in [2.75, 3.05) is 18.6 Å². The van der Waals surface area contributed by atoms with Crippen LogP contribution in [-0.4, -0.2) is 27.0 Å². The van der Waals surface area contributed by atoms with Gasteiger partial charge in [-0.15, -0.1) is 0 Å². The molecule has 0 amide bonds. The second kappa shape index (κ2) is 5.28. The Morgan fingerprint density at radius 2 is 2.07 bits per heavy atom. The van der Waals surface area contributed by atoms with Gasteiger partial charge in [0.15, 0.2) is 0 Å². The number of sulfone groups is 1. The van der Waals surface area contributed by atoms with E-state index in [1.54, 1.807) is 0 Å². The van der Waals surface area contributed by atoms with Gasteiger partial charge in [0, 0.05) is 19.3 Å². The zero-order valence-electron chi connectivity index (χ0n) is 9.16. The molecule has 0 spiro atoms. The minimum Gasteiger partial charge on any atom is -0.312 e. The van der Waals surface area contributed by atoms with E-state index in [0.717, 1.165) is 6.54 Å². The Bertz CT molecular complexity index is 412. The molecule has 3 nitrogen and oxygen atoms in total. The number of rotatable bonds is 5. The average Bonchev–Trinajstić information content (AvgIpc) is 2.11. The van der Waals surface area contributed by atoms with Crippen molar-refractivity contribution < 1.29 is 8.42 Å². The molecule has 0 atom stereocenters. The standard InChI is InChI=1S/C11H17NO2S/c1-10-4-3-5-11(8-10)9-12-6-7-15(2,13)14/h3-5,8,12H,6-7,9H2,1-2H3. The summed E-state index contributed by atoms with van der Waals surface area (Å²) in [7, 11) is -2.85. The highest BCUT2D eigenvalue weighted by Crippen LogP contribution is 2.02. The molecule has 0 aliphatic heterocycles. The first-order valence-corrected chi connectivity index (χ1v) is 6.97. The van der Waals surface area contributed by atoms with Gasteiger partial charge in [-0.1, -0.05) is 29.8 Å². The molecule has 0 unspecified atom stereocenters. The second-order valence-electron chi connectivity index (χ2n) is 3.80. The van der Waals surface area contributed by atoms with Crippen molar-refractivity contribution in [1.29, 1.82) is 0 Å². The third-order valence-corrected chi connectivity index (χ3v) is 3.01. The van der Waals surface area contributed by atoms with Gasteiger partial charge >= 0.3 is 0 Å². The summed E-state index contributed by atoms with van der Waals surface area (Å²) in [5.74, 6) is 0.193. The molecule has 15 heavy (non-hydrogen) atoms. The SMILES string of the molecule is Cc1cccc(CNCCS(C)(=O)=O)c1. The lowest BCUT2D eigenvalue weighted by molar-refractivity contribution is 0.596. The van der Waals surface area contributed by atoms with Crippen LogP contribution in [0.4, 0.5) is 0 Å². The van der Waals surface area contributed by atoms with Gasteiger partial charge in [0.05, 0.1) is 5.75 Å². The first-order valence-electron chi connectivity index (χ1n) is 4.91. The Labute approximate surface area is 91.4 Å². The largest absolute Gasteiger partial charge is 0.312 e. The van der Waals surface area contributed by atoms with E-state index in [-0.39, 0.29) is 5.75 Å². The maximum absolute atomic E-state index is 10.9. The molecule has 0 saturated heterocycles. The van der Waals surface area contributed by atoms with E-state index in [4.69, 9.17) is 0 Å². The van der Waals surface area contributed by atoms with Crippen molar-refractivity contribution in [3.63, 3.8) is 0 Å². The van der Waals surface area contributed by atoms with Crippen molar-refractivity contribution in [2.24, 2.45) is 0 Å². The van der Waals surface area contributed by atoms with E-state index in [2.05, 4.69) is 11.4 Å². The van der Waals surface area contributed by atoms with Crippen molar-refractivity contribution in [2.45, 2.75) is 13.5 Å². The highest BCUT2D eigenvalue weighted by atomic mass is 32.2. The molecule has 84 valence electrons. The average molecular weight is 227 g/mol. The summed E-state index contributed by atoms with van der Waals surface area (Å²) in [6, 6.07) is 8.16. The van der Waals surface area contributed by atoms with Crippen LogP contribution in [0.2, 0.25) is 0 Å². The number of hydrogen-bond acceptors (Lipinski definition) is 3. The van der Waals surface area contributed by atoms with E-state index in [1.165, 1.54) is 17.4 Å². The van der Waals surface area contributed by atoms with Gasteiger partial charge in [0.25, 0.3) is 0 Å². The fourth-order valence-electron chi connectivity index (χ4n) is 1.31. The molecule has 4 heteroatoms. The van der Waals surface area contributed by atoms with Crippen LogP contribution in [0.3, 0.4) is 0 Å². The normalized spacial score (nSPS) is 11.6. The molecule has 0 bridgehead atoms. The highest BCUT2D eigenvalue weighted by Gasteiger charge is 2.00. The van der Waals surface area contributed by atoms with Crippen LogP contribution >= 0.6 is 0 Å². The van der Waals surface area contributed by atoms with Crippen LogP contribution < -0.4 is 5.32 Å². The van der Waals surface area contributed by atoms with Gasteiger partial charge < -0.3 is 5.32 Å². The van der Waals surface area contributed by atoms with E-state index in [9.17, 15) is 8.42 Å². The molecule has 1 aromatic rings. The summed E-state index contributed by atoms with van der Waals surface area (Å²) in [6.07, 6.45) is 1.25. The number of hydrogen-bond donors (Lipinski definition) is 1. The molecular weight excluding hydrogens is 210 g/mol. The zero-order chi connectivity index (χ0) is 11.3. The second-order valence-corrected chi connectivity index (χ2v) is 6.06. The number of benzene rings is 1. The summed E-state index contributed by atoms with van der Waals surface area (Å²) in [5, 5.41) is 3.11. The lowest BCUT2D eigenvalue weighted by atomic mass is 10.1. The predicted molar refractivity (Wildman–Crippen MR) is 62.6 cm³/mol. The quantitative estimate of drug-likeness (QED) is 0.767. The topological polar surface area (TPSA) is 46.2 Å². The third-order valence-electron chi connectivity index (χ3n) is 2.06. The summed E-state index contributed by atoms with van der Waals surface area (Å²) in [4.78, 5) is 0. The summed E-state index contributed by atoms with van der Waals surface area (Å²) < 4.78 is 21.7. The van der Waals surface area contributed by atoms with Crippen molar-refractivity contribution in [3.8, 4) is 0 Å². The Morgan fingerprint density at radius 1 is 1.33 bits per heavy atom. The lowest BCUT2D eigenvalue weighted by Gasteiger charge is -2.04. The summed E-state index contributed by atoms with van der Waals surface area (Å²) in [6.45, 7) is 3.27. The van der Waals surface area contributed by atoms with Crippen LogP contribution in [-0.2, 0) is 16.4 Å². The maximum atomic E-state index is 10.9. The fourth-order valence-corrected chi connectivity index (χ4v) is 1.83. The van der Waals surface area contributed by atoms with Gasteiger partial charge in [-0.25, -0.2) is 8.42 Å². The molecule has 0 aliphatic rings. The van der Waals surface area contributed by atoms with Crippen molar-refractivity contribution in [1.82, 2.24) is 5.32 Å². The first kappa shape index (κ1) is 12.2. The molecule has 1 aromatic carbocycles. The van der Waals surface area contributed by atoms with Crippen LogP contribution in [0.1, 0.15) is 11.1 Å². The maximum Gasteiger partial charge on any atom is 0.148 e.